The van der Waals surface area contributed by atoms with Gasteiger partial charge in [-0.3, -0.25) is 4.79 Å². The van der Waals surface area contributed by atoms with E-state index in [-0.39, 0.29) is 5.91 Å². The van der Waals surface area contributed by atoms with Crippen LogP contribution in [0, 0.1) is 10.5 Å². The standard InChI is InChI=1S/C13H10ClIN2O/c1-8-4-5-16-12(6-8)17-13(18)9-2-3-11(15)10(14)7-9/h2-7H,1H3,(H,16,17,18). The van der Waals surface area contributed by atoms with Crippen LogP contribution in [0.1, 0.15) is 15.9 Å². The van der Waals surface area contributed by atoms with Gasteiger partial charge in [0.15, 0.2) is 0 Å². The average molecular weight is 373 g/mol. The lowest BCUT2D eigenvalue weighted by molar-refractivity contribution is 0.102. The molecule has 1 aromatic carbocycles. The van der Waals surface area contributed by atoms with Crippen molar-refractivity contribution in [2.24, 2.45) is 0 Å². The molecule has 0 radical (unpaired) electrons. The number of rotatable bonds is 2. The molecule has 92 valence electrons. The molecule has 0 unspecified atom stereocenters. The average Bonchev–Trinajstić information content (AvgIpc) is 2.32. The van der Waals surface area contributed by atoms with Crippen molar-refractivity contribution < 1.29 is 4.79 Å². The van der Waals surface area contributed by atoms with Gasteiger partial charge in [0, 0.05) is 15.3 Å². The minimum Gasteiger partial charge on any atom is -0.307 e. The van der Waals surface area contributed by atoms with Crippen molar-refractivity contribution in [1.29, 1.82) is 0 Å². The van der Waals surface area contributed by atoms with Crippen LogP contribution in [0.4, 0.5) is 5.82 Å². The Kier molecular flexibility index (Phi) is 4.19. The van der Waals surface area contributed by atoms with Crippen molar-refractivity contribution in [3.8, 4) is 0 Å². The van der Waals surface area contributed by atoms with Crippen LogP contribution in [-0.4, -0.2) is 10.9 Å². The topological polar surface area (TPSA) is 42.0 Å². The summed E-state index contributed by atoms with van der Waals surface area (Å²) in [6.07, 6.45) is 1.66. The highest BCUT2D eigenvalue weighted by atomic mass is 127. The fraction of sp³-hybridized carbons (Fsp3) is 0.0769. The smallest absolute Gasteiger partial charge is 0.256 e. The molecule has 0 saturated carbocycles. The third-order valence-corrected chi connectivity index (χ3v) is 3.91. The van der Waals surface area contributed by atoms with E-state index in [1.165, 1.54) is 0 Å². The van der Waals surface area contributed by atoms with E-state index in [0.717, 1.165) is 9.13 Å². The molecule has 0 aliphatic heterocycles. The van der Waals surface area contributed by atoms with E-state index in [9.17, 15) is 4.79 Å². The quantitative estimate of drug-likeness (QED) is 0.813. The Labute approximate surface area is 124 Å². The molecule has 18 heavy (non-hydrogen) atoms. The normalized spacial score (nSPS) is 10.2. The van der Waals surface area contributed by atoms with Crippen molar-refractivity contribution in [3.63, 3.8) is 0 Å². The Bertz CT molecular complexity index is 601. The molecular formula is C13H10ClIN2O. The van der Waals surface area contributed by atoms with Crippen LogP contribution >= 0.6 is 34.2 Å². The van der Waals surface area contributed by atoms with Crippen molar-refractivity contribution in [3.05, 3.63) is 56.2 Å². The minimum atomic E-state index is -0.216. The van der Waals surface area contributed by atoms with Gasteiger partial charge in [0.2, 0.25) is 0 Å². The van der Waals surface area contributed by atoms with Crippen molar-refractivity contribution in [2.75, 3.05) is 5.32 Å². The molecule has 5 heteroatoms. The van der Waals surface area contributed by atoms with Crippen molar-refractivity contribution in [2.45, 2.75) is 6.92 Å². The summed E-state index contributed by atoms with van der Waals surface area (Å²) in [6.45, 7) is 1.94. The summed E-state index contributed by atoms with van der Waals surface area (Å²) in [5.41, 5.74) is 1.56. The zero-order valence-electron chi connectivity index (χ0n) is 9.58. The highest BCUT2D eigenvalue weighted by Gasteiger charge is 2.08. The SMILES string of the molecule is Cc1ccnc(NC(=O)c2ccc(I)c(Cl)c2)c1. The fourth-order valence-corrected chi connectivity index (χ4v) is 1.95. The number of aryl methyl sites for hydroxylation is 1. The summed E-state index contributed by atoms with van der Waals surface area (Å²) >= 11 is 8.10. The lowest BCUT2D eigenvalue weighted by atomic mass is 10.2. The first-order valence-corrected chi connectivity index (χ1v) is 6.71. The van der Waals surface area contributed by atoms with Gasteiger partial charge in [0.25, 0.3) is 5.91 Å². The number of hydrogen-bond donors (Lipinski definition) is 1. The number of amides is 1. The third-order valence-electron chi connectivity index (χ3n) is 2.34. The maximum atomic E-state index is 12.0. The highest BCUT2D eigenvalue weighted by molar-refractivity contribution is 14.1. The van der Waals surface area contributed by atoms with Crippen LogP contribution in [0.5, 0.6) is 0 Å². The first kappa shape index (κ1) is 13.3. The number of nitrogens with zero attached hydrogens (tertiary/aromatic N) is 1. The Hall–Kier alpha value is -1.14. The molecule has 0 saturated heterocycles. The number of halogens is 2. The van der Waals surface area contributed by atoms with Crippen LogP contribution in [0.2, 0.25) is 5.02 Å². The first-order chi connectivity index (χ1) is 8.56. The molecule has 0 aliphatic carbocycles. The van der Waals surface area contributed by atoms with E-state index >= 15 is 0 Å². The Morgan fingerprint density at radius 3 is 2.78 bits per heavy atom. The van der Waals surface area contributed by atoms with E-state index in [2.05, 4.69) is 32.9 Å². The van der Waals surface area contributed by atoms with Gasteiger partial charge in [0.05, 0.1) is 5.02 Å². The van der Waals surface area contributed by atoms with Gasteiger partial charge in [-0.2, -0.15) is 0 Å². The van der Waals surface area contributed by atoms with Crippen LogP contribution in [-0.2, 0) is 0 Å². The molecule has 0 atom stereocenters. The minimum absolute atomic E-state index is 0.216. The Balaban J connectivity index is 2.19. The van der Waals surface area contributed by atoms with Crippen LogP contribution in [0.25, 0.3) is 0 Å². The number of anilines is 1. The van der Waals surface area contributed by atoms with Gasteiger partial charge in [-0.05, 0) is 65.4 Å². The van der Waals surface area contributed by atoms with Crippen LogP contribution in [0.15, 0.2) is 36.5 Å². The molecular weight excluding hydrogens is 363 g/mol. The second-order valence-corrected chi connectivity index (χ2v) is 5.37. The largest absolute Gasteiger partial charge is 0.307 e. The second-order valence-electron chi connectivity index (χ2n) is 3.80. The van der Waals surface area contributed by atoms with E-state index in [4.69, 9.17) is 11.6 Å². The number of aromatic nitrogens is 1. The van der Waals surface area contributed by atoms with Gasteiger partial charge in [-0.25, -0.2) is 4.98 Å². The number of hydrogen-bond acceptors (Lipinski definition) is 2. The molecule has 1 amide bonds. The molecule has 1 N–H and O–H groups in total. The summed E-state index contributed by atoms with van der Waals surface area (Å²) in [7, 11) is 0. The molecule has 1 aromatic heterocycles. The zero-order valence-corrected chi connectivity index (χ0v) is 12.5. The molecule has 0 spiro atoms. The maximum absolute atomic E-state index is 12.0. The molecule has 0 aliphatic rings. The molecule has 2 rings (SSSR count). The number of pyridine rings is 1. The first-order valence-electron chi connectivity index (χ1n) is 5.25. The molecule has 3 nitrogen and oxygen atoms in total. The van der Waals surface area contributed by atoms with Gasteiger partial charge in [0.1, 0.15) is 5.82 Å². The highest BCUT2D eigenvalue weighted by Crippen LogP contribution is 2.20. The summed E-state index contributed by atoms with van der Waals surface area (Å²) in [5.74, 6) is 0.320. The molecule has 2 aromatic rings. The van der Waals surface area contributed by atoms with Crippen LogP contribution in [0.3, 0.4) is 0 Å². The maximum Gasteiger partial charge on any atom is 0.256 e. The number of nitrogens with one attached hydrogen (secondary N) is 1. The monoisotopic (exact) mass is 372 g/mol. The summed E-state index contributed by atoms with van der Waals surface area (Å²) in [5, 5.41) is 3.30. The van der Waals surface area contributed by atoms with E-state index in [1.54, 1.807) is 18.3 Å². The van der Waals surface area contributed by atoms with Gasteiger partial charge < -0.3 is 5.32 Å². The number of benzene rings is 1. The molecule has 0 bridgehead atoms. The number of carbonyl (C=O) groups excluding carboxylic acids is 1. The fourth-order valence-electron chi connectivity index (χ4n) is 1.43. The van der Waals surface area contributed by atoms with Gasteiger partial charge in [-0.15, -0.1) is 0 Å². The Morgan fingerprint density at radius 1 is 1.33 bits per heavy atom. The van der Waals surface area contributed by atoms with Crippen LogP contribution < -0.4 is 5.32 Å². The lowest BCUT2D eigenvalue weighted by Crippen LogP contribution is -2.13. The molecule has 0 fully saturated rings. The summed E-state index contributed by atoms with van der Waals surface area (Å²) in [6, 6.07) is 8.87. The van der Waals surface area contributed by atoms with E-state index in [1.807, 2.05) is 25.1 Å². The lowest BCUT2D eigenvalue weighted by Gasteiger charge is -2.06. The number of carbonyl (C=O) groups is 1. The predicted molar refractivity (Wildman–Crippen MR) is 81.1 cm³/mol. The van der Waals surface area contributed by atoms with Gasteiger partial charge in [-0.1, -0.05) is 11.6 Å². The van der Waals surface area contributed by atoms with E-state index in [0.29, 0.717) is 16.4 Å². The Morgan fingerprint density at radius 2 is 2.11 bits per heavy atom. The van der Waals surface area contributed by atoms with E-state index < -0.39 is 0 Å². The predicted octanol–water partition coefficient (Wildman–Crippen LogP) is 3.90. The summed E-state index contributed by atoms with van der Waals surface area (Å²) in [4.78, 5) is 16.1. The zero-order chi connectivity index (χ0) is 13.1. The van der Waals surface area contributed by atoms with Gasteiger partial charge >= 0.3 is 0 Å². The van der Waals surface area contributed by atoms with Crippen molar-refractivity contribution in [1.82, 2.24) is 4.98 Å². The van der Waals surface area contributed by atoms with Crippen molar-refractivity contribution >= 4 is 45.9 Å². The molecule has 1 heterocycles. The second kappa shape index (κ2) is 5.67. The summed E-state index contributed by atoms with van der Waals surface area (Å²) < 4.78 is 0.916. The third kappa shape index (κ3) is 3.20.